The van der Waals surface area contributed by atoms with Crippen molar-refractivity contribution >= 4 is 39.0 Å². The molecule has 0 spiro atoms. The molecule has 0 bridgehead atoms. The molecule has 33 heavy (non-hydrogen) atoms. The average molecular weight is 471 g/mol. The van der Waals surface area contributed by atoms with E-state index in [0.717, 1.165) is 6.42 Å². The van der Waals surface area contributed by atoms with Crippen LogP contribution in [0.15, 0.2) is 52.4 Å². The highest BCUT2D eigenvalue weighted by atomic mass is 32.2. The first-order valence-electron chi connectivity index (χ1n) is 10.7. The number of nitrogens with one attached hydrogen (secondary N) is 2. The third kappa shape index (κ3) is 4.43. The molecule has 0 saturated carbocycles. The van der Waals surface area contributed by atoms with Gasteiger partial charge >= 0.3 is 0 Å². The summed E-state index contributed by atoms with van der Waals surface area (Å²) in [5.74, 6) is 0.117. The molecule has 0 aliphatic carbocycles. The highest BCUT2D eigenvalue weighted by molar-refractivity contribution is 7.90. The monoisotopic (exact) mass is 470 g/mol. The highest BCUT2D eigenvalue weighted by Gasteiger charge is 2.33. The fourth-order valence-corrected chi connectivity index (χ4v) is 5.22. The second-order valence-electron chi connectivity index (χ2n) is 8.29. The molecule has 0 unspecified atom stereocenters. The van der Waals surface area contributed by atoms with Crippen LogP contribution < -0.4 is 19.7 Å². The minimum absolute atomic E-state index is 0.00964. The third-order valence-electron chi connectivity index (χ3n) is 5.64. The van der Waals surface area contributed by atoms with Crippen molar-refractivity contribution in [1.29, 1.82) is 0 Å². The van der Waals surface area contributed by atoms with Gasteiger partial charge in [0, 0.05) is 24.2 Å². The number of methoxy groups -OCH3 is 1. The second kappa shape index (κ2) is 8.86. The summed E-state index contributed by atoms with van der Waals surface area (Å²) in [4.78, 5) is 31.7. The van der Waals surface area contributed by atoms with Crippen molar-refractivity contribution in [2.24, 2.45) is 10.9 Å². The molecule has 2 aromatic rings. The zero-order chi connectivity index (χ0) is 23.8. The van der Waals surface area contributed by atoms with Gasteiger partial charge in [-0.15, -0.1) is 0 Å². The molecule has 4 rings (SSSR count). The molecule has 0 aromatic heterocycles. The van der Waals surface area contributed by atoms with Crippen molar-refractivity contribution in [3.63, 3.8) is 0 Å². The first-order valence-corrected chi connectivity index (χ1v) is 12.2. The van der Waals surface area contributed by atoms with Crippen LogP contribution in [0.1, 0.15) is 32.3 Å². The standard InChI is InChI=1S/C23H26N4O5S/c1-14(2)21(25-22-16-7-4-5-8-19(16)33(30,31)26-22)23(29)24-15-10-11-18(32-3)17(13-15)27-12-6-9-20(27)28/h4-5,7-8,10-11,13-14,21H,6,9,12H2,1-3H3,(H,24,29)(H,25,26)/t21-/m0/s1. The molecule has 2 aliphatic rings. The molecule has 2 aromatic carbocycles. The number of aliphatic imine (C=N–C) groups is 1. The summed E-state index contributed by atoms with van der Waals surface area (Å²) in [6.07, 6.45) is 1.24. The molecular weight excluding hydrogens is 444 g/mol. The minimum Gasteiger partial charge on any atom is -0.495 e. The maximum absolute atomic E-state index is 13.2. The Hall–Kier alpha value is -3.40. The SMILES string of the molecule is COc1ccc(NC(=O)[C@@H](N=C2NS(=O)(=O)c3ccccc32)C(C)C)cc1N1CCCC1=O. The van der Waals surface area contributed by atoms with E-state index in [4.69, 9.17) is 4.74 Å². The van der Waals surface area contributed by atoms with Gasteiger partial charge in [0.15, 0.2) is 0 Å². The number of fused-ring (bicyclic) bond motifs is 1. The van der Waals surface area contributed by atoms with Crippen molar-refractivity contribution in [1.82, 2.24) is 4.72 Å². The Labute approximate surface area is 192 Å². The van der Waals surface area contributed by atoms with E-state index in [1.165, 1.54) is 13.2 Å². The summed E-state index contributed by atoms with van der Waals surface area (Å²) in [5.41, 5.74) is 1.53. The van der Waals surface area contributed by atoms with Gasteiger partial charge in [-0.25, -0.2) is 8.42 Å². The van der Waals surface area contributed by atoms with Crippen LogP contribution >= 0.6 is 0 Å². The van der Waals surface area contributed by atoms with Gasteiger partial charge in [-0.2, -0.15) is 0 Å². The zero-order valence-electron chi connectivity index (χ0n) is 18.7. The summed E-state index contributed by atoms with van der Waals surface area (Å²) < 4.78 is 32.6. The molecule has 2 aliphatic heterocycles. The third-order valence-corrected chi connectivity index (χ3v) is 7.04. The first-order chi connectivity index (χ1) is 15.7. The fourth-order valence-electron chi connectivity index (χ4n) is 3.98. The number of benzene rings is 2. The smallest absolute Gasteiger partial charge is 0.263 e. The first kappa shape index (κ1) is 22.8. The predicted octanol–water partition coefficient (Wildman–Crippen LogP) is 2.52. The Kier molecular flexibility index (Phi) is 6.11. The van der Waals surface area contributed by atoms with Crippen LogP contribution in [-0.2, 0) is 19.6 Å². The molecule has 9 nitrogen and oxygen atoms in total. The predicted molar refractivity (Wildman–Crippen MR) is 125 cm³/mol. The largest absolute Gasteiger partial charge is 0.495 e. The van der Waals surface area contributed by atoms with Crippen molar-refractivity contribution in [2.75, 3.05) is 23.9 Å². The lowest BCUT2D eigenvalue weighted by Gasteiger charge is -2.21. The lowest BCUT2D eigenvalue weighted by Crippen LogP contribution is -2.34. The Balaban J connectivity index is 1.62. The molecule has 2 amide bonds. The summed E-state index contributed by atoms with van der Waals surface area (Å²) in [6.45, 7) is 4.27. The number of nitrogens with zero attached hydrogens (tertiary/aromatic N) is 2. The van der Waals surface area contributed by atoms with E-state index >= 15 is 0 Å². The van der Waals surface area contributed by atoms with E-state index in [0.29, 0.717) is 35.7 Å². The van der Waals surface area contributed by atoms with Gasteiger partial charge in [0.25, 0.3) is 10.0 Å². The maximum Gasteiger partial charge on any atom is 0.263 e. The zero-order valence-corrected chi connectivity index (χ0v) is 19.5. The van der Waals surface area contributed by atoms with Gasteiger partial charge < -0.3 is 15.0 Å². The second-order valence-corrected chi connectivity index (χ2v) is 9.94. The van der Waals surface area contributed by atoms with E-state index in [1.54, 1.807) is 41.3 Å². The number of hydrogen-bond acceptors (Lipinski definition) is 6. The lowest BCUT2D eigenvalue weighted by atomic mass is 10.0. The number of sulfonamides is 1. The molecule has 174 valence electrons. The molecule has 1 atom stereocenters. The van der Waals surface area contributed by atoms with Crippen molar-refractivity contribution < 1.29 is 22.7 Å². The molecular formula is C23H26N4O5S. The van der Waals surface area contributed by atoms with Gasteiger partial charge in [-0.05, 0) is 42.7 Å². The minimum atomic E-state index is -3.70. The summed E-state index contributed by atoms with van der Waals surface area (Å²) in [6, 6.07) is 10.8. The van der Waals surface area contributed by atoms with Gasteiger partial charge in [0.2, 0.25) is 11.8 Å². The van der Waals surface area contributed by atoms with Crippen molar-refractivity contribution in [3.8, 4) is 5.75 Å². The van der Waals surface area contributed by atoms with Crippen molar-refractivity contribution in [3.05, 3.63) is 48.0 Å². The van der Waals surface area contributed by atoms with Crippen molar-refractivity contribution in [2.45, 2.75) is 37.6 Å². The van der Waals surface area contributed by atoms with Crippen LogP contribution in [0, 0.1) is 5.92 Å². The number of amides is 2. The lowest BCUT2D eigenvalue weighted by molar-refractivity contribution is -0.118. The summed E-state index contributed by atoms with van der Waals surface area (Å²) in [7, 11) is -2.17. The van der Waals surface area contributed by atoms with Crippen LogP contribution in [0.4, 0.5) is 11.4 Å². The van der Waals surface area contributed by atoms with Gasteiger partial charge in [0.05, 0.1) is 17.7 Å². The van der Waals surface area contributed by atoms with Gasteiger partial charge in [-0.1, -0.05) is 26.0 Å². The normalized spacial score (nSPS) is 18.8. The molecule has 0 radical (unpaired) electrons. The van der Waals surface area contributed by atoms with E-state index in [1.807, 2.05) is 13.8 Å². The van der Waals surface area contributed by atoms with E-state index < -0.39 is 16.1 Å². The molecule has 1 fully saturated rings. The van der Waals surface area contributed by atoms with Crippen LogP contribution in [0.2, 0.25) is 0 Å². The molecule has 1 saturated heterocycles. The van der Waals surface area contributed by atoms with Crippen LogP contribution in [0.25, 0.3) is 0 Å². The summed E-state index contributed by atoms with van der Waals surface area (Å²) in [5, 5.41) is 2.86. The van der Waals surface area contributed by atoms with E-state index in [2.05, 4.69) is 15.0 Å². The number of amidine groups is 1. The number of hydrogen-bond donors (Lipinski definition) is 2. The Bertz CT molecular complexity index is 1240. The van der Waals surface area contributed by atoms with E-state index in [-0.39, 0.29) is 28.5 Å². The topological polar surface area (TPSA) is 117 Å². The molecule has 10 heteroatoms. The fraction of sp³-hybridized carbons (Fsp3) is 0.348. The number of carbonyl (C=O) groups excluding carboxylic acids is 2. The van der Waals surface area contributed by atoms with Gasteiger partial charge in [-0.3, -0.25) is 19.3 Å². The maximum atomic E-state index is 13.2. The number of carbonyl (C=O) groups is 2. The number of rotatable bonds is 6. The number of ether oxygens (including phenoxy) is 1. The van der Waals surface area contributed by atoms with Crippen LogP contribution in [0.3, 0.4) is 0 Å². The quantitative estimate of drug-likeness (QED) is 0.673. The van der Waals surface area contributed by atoms with Crippen LogP contribution in [0.5, 0.6) is 5.75 Å². The van der Waals surface area contributed by atoms with E-state index in [9.17, 15) is 18.0 Å². The van der Waals surface area contributed by atoms with Crippen LogP contribution in [-0.4, -0.2) is 45.8 Å². The molecule has 2 heterocycles. The Morgan fingerprint density at radius 2 is 1.97 bits per heavy atom. The average Bonchev–Trinajstić information content (AvgIpc) is 3.32. The number of anilines is 2. The Morgan fingerprint density at radius 3 is 2.64 bits per heavy atom. The summed E-state index contributed by atoms with van der Waals surface area (Å²) >= 11 is 0. The highest BCUT2D eigenvalue weighted by Crippen LogP contribution is 2.34. The van der Waals surface area contributed by atoms with Gasteiger partial charge in [0.1, 0.15) is 17.6 Å². The molecule has 2 N–H and O–H groups in total. The Morgan fingerprint density at radius 1 is 1.21 bits per heavy atom.